The third-order valence-electron chi connectivity index (χ3n) is 9.95. The number of hydrogen-bond donors (Lipinski definition) is 2. The maximum Gasteiger partial charge on any atom is 0.246 e. The van der Waals surface area contributed by atoms with Crippen molar-refractivity contribution in [2.24, 2.45) is 23.7 Å². The molecule has 3 heterocycles. The Bertz CT molecular complexity index is 1340. The largest absolute Gasteiger partial charge is 0.497 e. The zero-order chi connectivity index (χ0) is 28.9. The van der Waals surface area contributed by atoms with Crippen LogP contribution in [-0.2, 0) is 19.1 Å². The summed E-state index contributed by atoms with van der Waals surface area (Å²) in [6, 6.07) is 15.5. The molecule has 9 atom stereocenters. The van der Waals surface area contributed by atoms with Crippen LogP contribution < -0.4 is 15.4 Å². The Labute approximate surface area is 241 Å². The second kappa shape index (κ2) is 10.6. The summed E-state index contributed by atoms with van der Waals surface area (Å²) in [6.45, 7) is 6.37. The van der Waals surface area contributed by atoms with Gasteiger partial charge in [0, 0.05) is 11.7 Å². The van der Waals surface area contributed by atoms with E-state index in [4.69, 9.17) is 9.47 Å². The van der Waals surface area contributed by atoms with Crippen molar-refractivity contribution < 1.29 is 23.9 Å². The average molecular weight is 558 g/mol. The van der Waals surface area contributed by atoms with Gasteiger partial charge in [-0.2, -0.15) is 0 Å². The molecule has 41 heavy (non-hydrogen) atoms. The van der Waals surface area contributed by atoms with Crippen molar-refractivity contribution >= 4 is 23.4 Å². The van der Waals surface area contributed by atoms with E-state index in [-0.39, 0.29) is 29.8 Å². The fourth-order valence-electron chi connectivity index (χ4n) is 7.46. The maximum atomic E-state index is 14.4. The van der Waals surface area contributed by atoms with E-state index < -0.39 is 29.6 Å². The van der Waals surface area contributed by atoms with Crippen LogP contribution in [0.1, 0.15) is 51.6 Å². The number of ether oxygens (including phenoxy) is 2. The summed E-state index contributed by atoms with van der Waals surface area (Å²) < 4.78 is 11.8. The molecule has 1 aliphatic carbocycles. The SMILES string of the molecule is COc1ccc(NC(=O)[C@@H]2[C@@H]3C=C[C@]4(O3)[C@@H]2C(=O)N([C@@H](C)c2ccccc2)[C@H]4C(=O)N[C@@H]2CCC[C@H](C)[C@@H]2C)cc1. The van der Waals surface area contributed by atoms with Crippen molar-refractivity contribution in [3.05, 3.63) is 72.3 Å². The van der Waals surface area contributed by atoms with Crippen molar-refractivity contribution in [2.75, 3.05) is 12.4 Å². The molecule has 0 unspecified atom stereocenters. The third-order valence-corrected chi connectivity index (χ3v) is 9.95. The predicted octanol–water partition coefficient (Wildman–Crippen LogP) is 4.49. The monoisotopic (exact) mass is 557 g/mol. The Balaban J connectivity index is 1.34. The third kappa shape index (κ3) is 4.53. The van der Waals surface area contributed by atoms with Gasteiger partial charge in [0.15, 0.2) is 0 Å². The highest BCUT2D eigenvalue weighted by Crippen LogP contribution is 2.56. The second-order valence-electron chi connectivity index (χ2n) is 12.1. The molecule has 8 nitrogen and oxygen atoms in total. The molecule has 2 saturated heterocycles. The minimum absolute atomic E-state index is 0.0300. The number of nitrogens with zero attached hydrogens (tertiary/aromatic N) is 1. The smallest absolute Gasteiger partial charge is 0.246 e. The van der Waals surface area contributed by atoms with Crippen molar-refractivity contribution in [3.8, 4) is 5.75 Å². The molecule has 3 fully saturated rings. The van der Waals surface area contributed by atoms with Gasteiger partial charge in [-0.1, -0.05) is 69.2 Å². The van der Waals surface area contributed by atoms with Crippen LogP contribution in [-0.4, -0.2) is 53.5 Å². The molecule has 8 heteroatoms. The lowest BCUT2D eigenvalue weighted by molar-refractivity contribution is -0.144. The zero-order valence-electron chi connectivity index (χ0n) is 24.1. The molecule has 3 amide bonds. The molecule has 2 aromatic carbocycles. The molecule has 0 radical (unpaired) electrons. The molecule has 4 aliphatic rings. The first-order valence-corrected chi connectivity index (χ1v) is 14.7. The highest BCUT2D eigenvalue weighted by molar-refractivity contribution is 6.03. The van der Waals surface area contributed by atoms with Gasteiger partial charge in [0.05, 0.1) is 31.1 Å². The molecular weight excluding hydrogens is 518 g/mol. The molecule has 2 N–H and O–H groups in total. The van der Waals surface area contributed by atoms with E-state index in [1.165, 1.54) is 0 Å². The Morgan fingerprint density at radius 1 is 1.05 bits per heavy atom. The van der Waals surface area contributed by atoms with Crippen LogP contribution in [0.2, 0.25) is 0 Å². The van der Waals surface area contributed by atoms with Crippen molar-refractivity contribution in [3.63, 3.8) is 0 Å². The van der Waals surface area contributed by atoms with E-state index in [0.29, 0.717) is 23.3 Å². The van der Waals surface area contributed by atoms with Crippen molar-refractivity contribution in [1.82, 2.24) is 10.2 Å². The number of rotatable bonds is 7. The molecule has 1 spiro atoms. The first-order chi connectivity index (χ1) is 19.7. The van der Waals surface area contributed by atoms with E-state index >= 15 is 0 Å². The molecular formula is C33H39N3O5. The lowest BCUT2D eigenvalue weighted by Crippen LogP contribution is -2.58. The van der Waals surface area contributed by atoms with Gasteiger partial charge in [0.1, 0.15) is 17.4 Å². The summed E-state index contributed by atoms with van der Waals surface area (Å²) in [7, 11) is 1.59. The molecule has 0 aromatic heterocycles. The number of amides is 3. The number of benzene rings is 2. The van der Waals surface area contributed by atoms with Gasteiger partial charge in [0.2, 0.25) is 17.7 Å². The van der Waals surface area contributed by atoms with Crippen LogP contribution in [0.5, 0.6) is 5.75 Å². The second-order valence-corrected chi connectivity index (χ2v) is 12.1. The minimum atomic E-state index is -1.21. The van der Waals surface area contributed by atoms with Gasteiger partial charge in [-0.3, -0.25) is 14.4 Å². The van der Waals surface area contributed by atoms with Gasteiger partial charge in [-0.15, -0.1) is 0 Å². The van der Waals surface area contributed by atoms with Crippen LogP contribution in [0.15, 0.2) is 66.7 Å². The van der Waals surface area contributed by atoms with Gasteiger partial charge in [-0.05, 0) is 55.0 Å². The van der Waals surface area contributed by atoms with Crippen LogP contribution in [0.3, 0.4) is 0 Å². The number of nitrogens with one attached hydrogen (secondary N) is 2. The standard InChI is InChI=1S/C33H39N3O5/c1-19-9-8-12-25(20(19)2)35-31(38)29-33-18-17-26(41-33)27(30(37)34-23-13-15-24(40-4)16-14-23)28(33)32(39)36(29)21(3)22-10-6-5-7-11-22/h5-7,10-11,13-21,25-29H,8-9,12H2,1-4H3,(H,34,37)(H,35,38)/t19-,20-,21-,25+,26-,27+,28-,29-,33-/m0/s1. The number of hydrogen-bond acceptors (Lipinski definition) is 5. The summed E-state index contributed by atoms with van der Waals surface area (Å²) >= 11 is 0. The summed E-state index contributed by atoms with van der Waals surface area (Å²) in [6.07, 6.45) is 6.26. The molecule has 216 valence electrons. The topological polar surface area (TPSA) is 97.0 Å². The van der Waals surface area contributed by atoms with E-state index in [1.54, 1.807) is 36.3 Å². The summed E-state index contributed by atoms with van der Waals surface area (Å²) in [5, 5.41) is 6.29. The quantitative estimate of drug-likeness (QED) is 0.489. The molecule has 6 rings (SSSR count). The molecule has 1 saturated carbocycles. The molecule has 3 aliphatic heterocycles. The van der Waals surface area contributed by atoms with Gasteiger partial charge < -0.3 is 25.0 Å². The number of fused-ring (bicyclic) bond motifs is 1. The fourth-order valence-corrected chi connectivity index (χ4v) is 7.46. The summed E-state index contributed by atoms with van der Waals surface area (Å²) in [5.41, 5.74) is 0.319. The number of methoxy groups -OCH3 is 1. The van der Waals surface area contributed by atoms with Crippen molar-refractivity contribution in [1.29, 1.82) is 0 Å². The first-order valence-electron chi connectivity index (χ1n) is 14.7. The normalized spacial score (nSPS) is 34.3. The molecule has 2 bridgehead atoms. The van der Waals surface area contributed by atoms with E-state index in [0.717, 1.165) is 24.8 Å². The fraction of sp³-hybridized carbons (Fsp3) is 0.485. The Morgan fingerprint density at radius 3 is 2.49 bits per heavy atom. The van der Waals surface area contributed by atoms with Crippen LogP contribution in [0, 0.1) is 23.7 Å². The number of carbonyl (C=O) groups excluding carboxylic acids is 3. The van der Waals surface area contributed by atoms with Gasteiger partial charge in [-0.25, -0.2) is 0 Å². The lowest BCUT2D eigenvalue weighted by atomic mass is 9.73. The number of carbonyl (C=O) groups is 3. The predicted molar refractivity (Wildman–Crippen MR) is 155 cm³/mol. The highest BCUT2D eigenvalue weighted by atomic mass is 16.5. The van der Waals surface area contributed by atoms with Gasteiger partial charge in [0.25, 0.3) is 0 Å². The Morgan fingerprint density at radius 2 is 1.78 bits per heavy atom. The average Bonchev–Trinajstić information content (AvgIpc) is 3.63. The van der Waals surface area contributed by atoms with E-state index in [2.05, 4.69) is 24.5 Å². The summed E-state index contributed by atoms with van der Waals surface area (Å²) in [5.74, 6) is -0.782. The Kier molecular flexibility index (Phi) is 7.14. The Hall–Kier alpha value is -3.65. The van der Waals surface area contributed by atoms with Crippen LogP contribution in [0.25, 0.3) is 0 Å². The minimum Gasteiger partial charge on any atom is -0.497 e. The van der Waals surface area contributed by atoms with Crippen LogP contribution in [0.4, 0.5) is 5.69 Å². The van der Waals surface area contributed by atoms with E-state index in [9.17, 15) is 14.4 Å². The molecule has 2 aromatic rings. The van der Waals surface area contributed by atoms with Gasteiger partial charge >= 0.3 is 0 Å². The highest BCUT2D eigenvalue weighted by Gasteiger charge is 2.73. The van der Waals surface area contributed by atoms with Crippen LogP contribution >= 0.6 is 0 Å². The van der Waals surface area contributed by atoms with Crippen molar-refractivity contribution in [2.45, 2.75) is 69.9 Å². The van der Waals surface area contributed by atoms with E-state index in [1.807, 2.05) is 49.4 Å². The zero-order valence-corrected chi connectivity index (χ0v) is 24.1. The first kappa shape index (κ1) is 27.5. The maximum absolute atomic E-state index is 14.4. The lowest BCUT2D eigenvalue weighted by Gasteiger charge is -2.39. The summed E-state index contributed by atoms with van der Waals surface area (Å²) in [4.78, 5) is 44.1. The number of anilines is 1. The number of likely N-dealkylation sites (tertiary alicyclic amines) is 1.